The van der Waals surface area contributed by atoms with Gasteiger partial charge in [0.2, 0.25) is 0 Å². The van der Waals surface area contributed by atoms with Gasteiger partial charge in [-0.05, 0) is 43.2 Å². The van der Waals surface area contributed by atoms with Crippen LogP contribution in [-0.4, -0.2) is 45.8 Å². The Hall–Kier alpha value is -2.86. The zero-order valence-corrected chi connectivity index (χ0v) is 15.4. The van der Waals surface area contributed by atoms with Crippen LogP contribution in [0.25, 0.3) is 11.0 Å². The van der Waals surface area contributed by atoms with Crippen LogP contribution in [0.4, 0.5) is 0 Å². The normalized spacial score (nSPS) is 15.1. The Morgan fingerprint density at radius 3 is 2.70 bits per heavy atom. The molecular weight excluding hydrogens is 364 g/mol. The molecule has 1 aliphatic rings. The van der Waals surface area contributed by atoms with E-state index in [-0.39, 0.29) is 17.9 Å². The van der Waals surface area contributed by atoms with Crippen molar-refractivity contribution in [3.05, 3.63) is 64.9 Å². The summed E-state index contributed by atoms with van der Waals surface area (Å²) in [7, 11) is 0. The summed E-state index contributed by atoms with van der Waals surface area (Å²) in [6.45, 7) is 1.18. The number of likely N-dealkylation sites (tertiary alicyclic amines) is 1. The van der Waals surface area contributed by atoms with Crippen molar-refractivity contribution in [2.45, 2.75) is 18.9 Å². The van der Waals surface area contributed by atoms with Crippen molar-refractivity contribution < 1.29 is 9.59 Å². The highest BCUT2D eigenvalue weighted by molar-refractivity contribution is 6.33. The van der Waals surface area contributed by atoms with Crippen molar-refractivity contribution in [2.24, 2.45) is 0 Å². The van der Waals surface area contributed by atoms with Gasteiger partial charge in [-0.25, -0.2) is 4.98 Å². The molecule has 3 aromatic rings. The molecule has 0 spiro atoms. The number of carbonyl (C=O) groups excluding carboxylic acids is 2. The van der Waals surface area contributed by atoms with E-state index in [0.717, 1.165) is 11.0 Å². The van der Waals surface area contributed by atoms with Crippen LogP contribution in [0.15, 0.2) is 48.8 Å². The molecular formula is C20H19ClN4O2. The highest BCUT2D eigenvalue weighted by Crippen LogP contribution is 2.20. The third-order valence-electron chi connectivity index (χ3n) is 4.90. The van der Waals surface area contributed by atoms with Crippen molar-refractivity contribution in [1.29, 1.82) is 0 Å². The number of hydrogen-bond donors (Lipinski definition) is 2. The molecule has 2 aromatic carbocycles. The van der Waals surface area contributed by atoms with Crippen LogP contribution in [0, 0.1) is 0 Å². The third kappa shape index (κ3) is 3.66. The summed E-state index contributed by atoms with van der Waals surface area (Å²) in [6, 6.07) is 12.5. The zero-order chi connectivity index (χ0) is 18.8. The monoisotopic (exact) mass is 382 g/mol. The SMILES string of the molecule is O=C(NC1CCN(C(=O)c2ccccc2Cl)CC1)c1ccc2nc[nH]c2c1. The highest BCUT2D eigenvalue weighted by atomic mass is 35.5. The maximum Gasteiger partial charge on any atom is 0.255 e. The lowest BCUT2D eigenvalue weighted by atomic mass is 10.0. The number of benzene rings is 2. The number of halogens is 1. The minimum absolute atomic E-state index is 0.0465. The summed E-state index contributed by atoms with van der Waals surface area (Å²) >= 11 is 6.13. The Bertz CT molecular complexity index is 992. The van der Waals surface area contributed by atoms with Crippen molar-refractivity contribution in [3.8, 4) is 0 Å². The Morgan fingerprint density at radius 2 is 1.93 bits per heavy atom. The molecule has 2 heterocycles. The molecule has 1 aliphatic heterocycles. The van der Waals surface area contributed by atoms with Crippen molar-refractivity contribution in [1.82, 2.24) is 20.2 Å². The molecule has 1 fully saturated rings. The second kappa shape index (κ2) is 7.40. The van der Waals surface area contributed by atoms with Crippen LogP contribution < -0.4 is 5.32 Å². The van der Waals surface area contributed by atoms with E-state index >= 15 is 0 Å². The van der Waals surface area contributed by atoms with Gasteiger partial charge in [0.25, 0.3) is 11.8 Å². The smallest absolute Gasteiger partial charge is 0.255 e. The van der Waals surface area contributed by atoms with Crippen LogP contribution in [0.1, 0.15) is 33.6 Å². The van der Waals surface area contributed by atoms with Crippen LogP contribution >= 0.6 is 11.6 Å². The molecule has 7 heteroatoms. The third-order valence-corrected chi connectivity index (χ3v) is 5.23. The van der Waals surface area contributed by atoms with Crippen molar-refractivity contribution in [3.63, 3.8) is 0 Å². The fraction of sp³-hybridized carbons (Fsp3) is 0.250. The molecule has 4 rings (SSSR count). The Kier molecular flexibility index (Phi) is 4.81. The minimum Gasteiger partial charge on any atom is -0.349 e. The number of hydrogen-bond acceptors (Lipinski definition) is 3. The first kappa shape index (κ1) is 17.5. The van der Waals surface area contributed by atoms with E-state index in [1.165, 1.54) is 0 Å². The number of piperidine rings is 1. The molecule has 0 atom stereocenters. The summed E-state index contributed by atoms with van der Waals surface area (Å²) in [5.74, 6) is -0.169. The molecule has 27 heavy (non-hydrogen) atoms. The highest BCUT2D eigenvalue weighted by Gasteiger charge is 2.25. The maximum absolute atomic E-state index is 12.6. The summed E-state index contributed by atoms with van der Waals surface area (Å²) in [4.78, 5) is 34.1. The zero-order valence-electron chi connectivity index (χ0n) is 14.6. The van der Waals surface area contributed by atoms with Crippen molar-refractivity contribution in [2.75, 3.05) is 13.1 Å². The summed E-state index contributed by atoms with van der Waals surface area (Å²) in [5, 5.41) is 3.53. The van der Waals surface area contributed by atoms with Gasteiger partial charge in [-0.3, -0.25) is 9.59 Å². The quantitative estimate of drug-likeness (QED) is 0.729. The van der Waals surface area contributed by atoms with E-state index in [9.17, 15) is 9.59 Å². The first-order valence-corrected chi connectivity index (χ1v) is 9.27. The van der Waals surface area contributed by atoms with Crippen LogP contribution in [0.5, 0.6) is 0 Å². The summed E-state index contributed by atoms with van der Waals surface area (Å²) < 4.78 is 0. The van der Waals surface area contributed by atoms with Gasteiger partial charge in [-0.15, -0.1) is 0 Å². The van der Waals surface area contributed by atoms with Gasteiger partial charge in [0.05, 0.1) is 27.9 Å². The van der Waals surface area contributed by atoms with Crippen LogP contribution in [-0.2, 0) is 0 Å². The lowest BCUT2D eigenvalue weighted by Crippen LogP contribution is -2.46. The van der Waals surface area contributed by atoms with Gasteiger partial charge in [0.1, 0.15) is 0 Å². The number of rotatable bonds is 3. The average molecular weight is 383 g/mol. The molecule has 0 unspecified atom stereocenters. The van der Waals surface area contributed by atoms with Gasteiger partial charge >= 0.3 is 0 Å². The first-order chi connectivity index (χ1) is 13.1. The molecule has 138 valence electrons. The fourth-order valence-corrected chi connectivity index (χ4v) is 3.59. The average Bonchev–Trinajstić information content (AvgIpc) is 3.16. The number of aromatic amines is 1. The standard InChI is InChI=1S/C20H19ClN4O2/c21-16-4-2-1-3-15(16)20(27)25-9-7-14(8-10-25)24-19(26)13-5-6-17-18(11-13)23-12-22-17/h1-6,11-12,14H,7-10H2,(H,22,23)(H,24,26). The van der Waals surface area contributed by atoms with Crippen LogP contribution in [0.3, 0.4) is 0 Å². The largest absolute Gasteiger partial charge is 0.349 e. The van der Waals surface area contributed by atoms with Gasteiger partial charge in [0, 0.05) is 24.7 Å². The van der Waals surface area contributed by atoms with Gasteiger partial charge in [-0.2, -0.15) is 0 Å². The number of aromatic nitrogens is 2. The molecule has 6 nitrogen and oxygen atoms in total. The topological polar surface area (TPSA) is 78.1 Å². The molecule has 0 saturated carbocycles. The second-order valence-corrected chi connectivity index (χ2v) is 7.06. The minimum atomic E-state index is -0.109. The Labute approximate surface area is 161 Å². The predicted octanol–water partition coefficient (Wildman–Crippen LogP) is 3.25. The Morgan fingerprint density at radius 1 is 1.15 bits per heavy atom. The van der Waals surface area contributed by atoms with E-state index in [0.29, 0.717) is 42.1 Å². The van der Waals surface area contributed by atoms with E-state index < -0.39 is 0 Å². The van der Waals surface area contributed by atoms with E-state index in [4.69, 9.17) is 11.6 Å². The fourth-order valence-electron chi connectivity index (χ4n) is 3.38. The molecule has 1 saturated heterocycles. The molecule has 0 bridgehead atoms. The molecule has 2 amide bonds. The predicted molar refractivity (Wildman–Crippen MR) is 104 cm³/mol. The summed E-state index contributed by atoms with van der Waals surface area (Å²) in [5.41, 5.74) is 2.79. The number of nitrogens with zero attached hydrogens (tertiary/aromatic N) is 2. The van der Waals surface area contributed by atoms with Crippen molar-refractivity contribution >= 4 is 34.4 Å². The molecule has 0 radical (unpaired) electrons. The number of imidazole rings is 1. The second-order valence-electron chi connectivity index (χ2n) is 6.65. The Balaban J connectivity index is 1.35. The van der Waals surface area contributed by atoms with Crippen LogP contribution in [0.2, 0.25) is 5.02 Å². The maximum atomic E-state index is 12.6. The number of H-pyrrole nitrogens is 1. The number of amides is 2. The van der Waals surface area contributed by atoms with E-state index in [1.54, 1.807) is 35.5 Å². The molecule has 0 aliphatic carbocycles. The van der Waals surface area contributed by atoms with E-state index in [2.05, 4.69) is 15.3 Å². The lowest BCUT2D eigenvalue weighted by molar-refractivity contribution is 0.0698. The first-order valence-electron chi connectivity index (χ1n) is 8.89. The number of carbonyl (C=O) groups is 2. The lowest BCUT2D eigenvalue weighted by Gasteiger charge is -2.32. The molecule has 2 N–H and O–H groups in total. The molecule has 1 aromatic heterocycles. The van der Waals surface area contributed by atoms with Gasteiger partial charge < -0.3 is 15.2 Å². The van der Waals surface area contributed by atoms with Gasteiger partial charge in [0.15, 0.2) is 0 Å². The number of fused-ring (bicyclic) bond motifs is 1. The number of nitrogens with one attached hydrogen (secondary N) is 2. The van der Waals surface area contributed by atoms with E-state index in [1.807, 2.05) is 18.2 Å². The summed E-state index contributed by atoms with van der Waals surface area (Å²) in [6.07, 6.45) is 3.04. The van der Waals surface area contributed by atoms with Gasteiger partial charge in [-0.1, -0.05) is 23.7 Å².